The van der Waals surface area contributed by atoms with Gasteiger partial charge in [-0.05, 0) is 44.7 Å². The number of nitriles is 1. The second-order valence-electron chi connectivity index (χ2n) is 5.54. The molecular formula is C14H20N2O. The molecule has 92 valence electrons. The zero-order valence-corrected chi connectivity index (χ0v) is 10.6. The molecule has 2 rings (SSSR count). The first-order chi connectivity index (χ1) is 8.12. The van der Waals surface area contributed by atoms with Crippen molar-refractivity contribution in [2.45, 2.75) is 45.2 Å². The van der Waals surface area contributed by atoms with Crippen LogP contribution in [-0.2, 0) is 6.54 Å². The Kier molecular flexibility index (Phi) is 3.54. The van der Waals surface area contributed by atoms with Crippen molar-refractivity contribution in [3.63, 3.8) is 0 Å². The van der Waals surface area contributed by atoms with Crippen molar-refractivity contribution < 1.29 is 4.42 Å². The van der Waals surface area contributed by atoms with Crippen LogP contribution in [0.4, 0.5) is 0 Å². The first kappa shape index (κ1) is 12.2. The van der Waals surface area contributed by atoms with E-state index in [1.807, 2.05) is 12.1 Å². The van der Waals surface area contributed by atoms with Gasteiger partial charge in [-0.3, -0.25) is 4.90 Å². The van der Waals surface area contributed by atoms with E-state index in [1.165, 1.54) is 0 Å². The number of hydrogen-bond acceptors (Lipinski definition) is 3. The van der Waals surface area contributed by atoms with E-state index in [-0.39, 0.29) is 5.54 Å². The molecule has 0 aliphatic carbocycles. The maximum atomic E-state index is 8.80. The Hall–Kier alpha value is -1.27. The third-order valence-electron chi connectivity index (χ3n) is 3.81. The molecule has 17 heavy (non-hydrogen) atoms. The van der Waals surface area contributed by atoms with E-state index in [1.54, 1.807) is 6.26 Å². The highest BCUT2D eigenvalue weighted by molar-refractivity contribution is 5.01. The molecule has 1 atom stereocenters. The van der Waals surface area contributed by atoms with Crippen molar-refractivity contribution in [1.82, 2.24) is 4.90 Å². The van der Waals surface area contributed by atoms with E-state index in [0.717, 1.165) is 31.7 Å². The fourth-order valence-corrected chi connectivity index (χ4v) is 2.53. The molecule has 3 heteroatoms. The molecule has 1 saturated heterocycles. The zero-order valence-electron chi connectivity index (χ0n) is 10.6. The Morgan fingerprint density at radius 2 is 2.41 bits per heavy atom. The summed E-state index contributed by atoms with van der Waals surface area (Å²) in [5.74, 6) is 1.53. The maximum absolute atomic E-state index is 8.80. The quantitative estimate of drug-likeness (QED) is 0.803. The predicted octanol–water partition coefficient (Wildman–Crippen LogP) is 3.18. The van der Waals surface area contributed by atoms with Crippen molar-refractivity contribution in [1.29, 1.82) is 5.26 Å². The molecule has 1 unspecified atom stereocenters. The van der Waals surface area contributed by atoms with E-state index in [9.17, 15) is 0 Å². The molecule has 0 amide bonds. The highest BCUT2D eigenvalue weighted by Gasteiger charge is 2.34. The van der Waals surface area contributed by atoms with E-state index >= 15 is 0 Å². The van der Waals surface area contributed by atoms with E-state index in [2.05, 4.69) is 24.8 Å². The van der Waals surface area contributed by atoms with Gasteiger partial charge in [0.15, 0.2) is 0 Å². The minimum Gasteiger partial charge on any atom is -0.468 e. The summed E-state index contributed by atoms with van der Waals surface area (Å²) in [6, 6.07) is 6.24. The number of hydrogen-bond donors (Lipinski definition) is 0. The Balaban J connectivity index is 2.03. The largest absolute Gasteiger partial charge is 0.468 e. The minimum absolute atomic E-state index is 0.207. The van der Waals surface area contributed by atoms with E-state index in [4.69, 9.17) is 9.68 Å². The van der Waals surface area contributed by atoms with Gasteiger partial charge < -0.3 is 4.42 Å². The van der Waals surface area contributed by atoms with Crippen molar-refractivity contribution in [2.24, 2.45) is 5.92 Å². The summed E-state index contributed by atoms with van der Waals surface area (Å²) in [6.45, 7) is 6.40. The van der Waals surface area contributed by atoms with Crippen LogP contribution in [0, 0.1) is 17.2 Å². The monoisotopic (exact) mass is 232 g/mol. The summed E-state index contributed by atoms with van der Waals surface area (Å²) in [5.41, 5.74) is 0.207. The fourth-order valence-electron chi connectivity index (χ4n) is 2.53. The van der Waals surface area contributed by atoms with Gasteiger partial charge in [0.2, 0.25) is 0 Å². The highest BCUT2D eigenvalue weighted by atomic mass is 16.3. The SMILES string of the molecule is CC1(C)CCC(CC#N)CN1Cc1ccco1. The van der Waals surface area contributed by atoms with Gasteiger partial charge in [-0.15, -0.1) is 0 Å². The molecule has 1 aromatic heterocycles. The van der Waals surface area contributed by atoms with Crippen molar-refractivity contribution in [2.75, 3.05) is 6.54 Å². The molecule has 3 nitrogen and oxygen atoms in total. The van der Waals surface area contributed by atoms with Gasteiger partial charge in [-0.1, -0.05) is 0 Å². The number of likely N-dealkylation sites (tertiary alicyclic amines) is 1. The van der Waals surface area contributed by atoms with Gasteiger partial charge >= 0.3 is 0 Å². The molecule has 1 aromatic rings. The van der Waals surface area contributed by atoms with Crippen LogP contribution < -0.4 is 0 Å². The zero-order chi connectivity index (χ0) is 12.3. The van der Waals surface area contributed by atoms with Gasteiger partial charge in [-0.2, -0.15) is 5.26 Å². The van der Waals surface area contributed by atoms with Crippen LogP contribution in [0.2, 0.25) is 0 Å². The number of nitrogens with zero attached hydrogens (tertiary/aromatic N) is 2. The lowest BCUT2D eigenvalue weighted by atomic mass is 9.83. The summed E-state index contributed by atoms with van der Waals surface area (Å²) in [4.78, 5) is 2.44. The molecule has 1 aliphatic heterocycles. The van der Waals surface area contributed by atoms with Gasteiger partial charge in [0, 0.05) is 18.5 Å². The summed E-state index contributed by atoms with van der Waals surface area (Å²) < 4.78 is 5.42. The van der Waals surface area contributed by atoms with Crippen LogP contribution in [0.15, 0.2) is 22.8 Å². The average molecular weight is 232 g/mol. The summed E-state index contributed by atoms with van der Waals surface area (Å²) in [6.07, 6.45) is 4.71. The molecule has 0 radical (unpaired) electrons. The van der Waals surface area contributed by atoms with Gasteiger partial charge in [0.1, 0.15) is 5.76 Å². The van der Waals surface area contributed by atoms with Crippen LogP contribution in [-0.4, -0.2) is 17.0 Å². The molecular weight excluding hydrogens is 212 g/mol. The predicted molar refractivity (Wildman–Crippen MR) is 66.2 cm³/mol. The third kappa shape index (κ3) is 2.89. The molecule has 0 spiro atoms. The van der Waals surface area contributed by atoms with E-state index < -0.39 is 0 Å². The van der Waals surface area contributed by atoms with Crippen LogP contribution >= 0.6 is 0 Å². The topological polar surface area (TPSA) is 40.2 Å². The van der Waals surface area contributed by atoms with Crippen LogP contribution in [0.25, 0.3) is 0 Å². The Morgan fingerprint density at radius 3 is 3.06 bits per heavy atom. The van der Waals surface area contributed by atoms with Gasteiger partial charge in [0.05, 0.1) is 18.9 Å². The number of rotatable bonds is 3. The minimum atomic E-state index is 0.207. The maximum Gasteiger partial charge on any atom is 0.117 e. The Bertz CT molecular complexity index is 389. The molecule has 1 fully saturated rings. The fraction of sp³-hybridized carbons (Fsp3) is 0.643. The number of furan rings is 1. The number of piperidine rings is 1. The lowest BCUT2D eigenvalue weighted by Gasteiger charge is -2.44. The first-order valence-electron chi connectivity index (χ1n) is 6.26. The van der Waals surface area contributed by atoms with Crippen LogP contribution in [0.3, 0.4) is 0 Å². The standard InChI is InChI=1S/C14H20N2O/c1-14(2)7-5-12(6-8-15)10-16(14)11-13-4-3-9-17-13/h3-4,9,12H,5-7,10-11H2,1-2H3. The normalized spacial score (nSPS) is 24.4. The lowest BCUT2D eigenvalue weighted by molar-refractivity contribution is 0.0335. The summed E-state index contributed by atoms with van der Waals surface area (Å²) in [5, 5.41) is 8.80. The first-order valence-corrected chi connectivity index (χ1v) is 6.26. The molecule has 1 aliphatic rings. The Labute approximate surface area is 103 Å². The van der Waals surface area contributed by atoms with Crippen molar-refractivity contribution in [3.05, 3.63) is 24.2 Å². The smallest absolute Gasteiger partial charge is 0.117 e. The molecule has 0 aromatic carbocycles. The third-order valence-corrected chi connectivity index (χ3v) is 3.81. The molecule has 0 N–H and O–H groups in total. The highest BCUT2D eigenvalue weighted by Crippen LogP contribution is 2.33. The van der Waals surface area contributed by atoms with E-state index in [0.29, 0.717) is 12.3 Å². The van der Waals surface area contributed by atoms with Crippen molar-refractivity contribution in [3.8, 4) is 6.07 Å². The van der Waals surface area contributed by atoms with Crippen molar-refractivity contribution >= 4 is 0 Å². The second-order valence-corrected chi connectivity index (χ2v) is 5.54. The Morgan fingerprint density at radius 1 is 1.59 bits per heavy atom. The summed E-state index contributed by atoms with van der Waals surface area (Å²) in [7, 11) is 0. The second kappa shape index (κ2) is 4.93. The van der Waals surface area contributed by atoms with Crippen LogP contribution in [0.1, 0.15) is 38.9 Å². The average Bonchev–Trinajstić information content (AvgIpc) is 2.76. The molecule has 0 bridgehead atoms. The molecule has 0 saturated carbocycles. The molecule has 2 heterocycles. The summed E-state index contributed by atoms with van der Waals surface area (Å²) >= 11 is 0. The van der Waals surface area contributed by atoms with Crippen LogP contribution in [0.5, 0.6) is 0 Å². The van der Waals surface area contributed by atoms with Gasteiger partial charge in [-0.25, -0.2) is 0 Å². The lowest BCUT2D eigenvalue weighted by Crippen LogP contribution is -2.49. The van der Waals surface area contributed by atoms with Gasteiger partial charge in [0.25, 0.3) is 0 Å².